The Hall–Kier alpha value is -2.89. The lowest BCUT2D eigenvalue weighted by molar-refractivity contribution is -0.167. The Kier molecular flexibility index (Phi) is 66.1. The molecule has 0 amide bonds. The molecule has 0 radical (unpaired) electrons. The Morgan fingerprint density at radius 3 is 0.738 bits per heavy atom. The topological polar surface area (TPSA) is 78.9 Å². The monoisotopic (exact) mass is 1120 g/mol. The summed E-state index contributed by atoms with van der Waals surface area (Å²) in [5.74, 6) is -0.875. The number of allylic oxidation sites excluding steroid dienone is 10. The van der Waals surface area contributed by atoms with E-state index in [4.69, 9.17) is 14.2 Å². The van der Waals surface area contributed by atoms with E-state index >= 15 is 0 Å². The van der Waals surface area contributed by atoms with Gasteiger partial charge in [0.2, 0.25) is 0 Å². The van der Waals surface area contributed by atoms with Crippen LogP contribution in [0.25, 0.3) is 0 Å². The van der Waals surface area contributed by atoms with E-state index in [0.717, 1.165) is 83.5 Å². The van der Waals surface area contributed by atoms with Crippen LogP contribution in [-0.4, -0.2) is 37.2 Å². The molecule has 0 N–H and O–H groups in total. The van der Waals surface area contributed by atoms with E-state index in [9.17, 15) is 14.4 Å². The van der Waals surface area contributed by atoms with Crippen molar-refractivity contribution in [3.8, 4) is 0 Å². The van der Waals surface area contributed by atoms with Crippen LogP contribution in [0.4, 0.5) is 0 Å². The van der Waals surface area contributed by atoms with Gasteiger partial charge in [-0.3, -0.25) is 14.4 Å². The minimum Gasteiger partial charge on any atom is -0.462 e. The van der Waals surface area contributed by atoms with Gasteiger partial charge in [-0.2, -0.15) is 0 Å². The highest BCUT2D eigenvalue weighted by atomic mass is 16.6. The van der Waals surface area contributed by atoms with Gasteiger partial charge in [0.1, 0.15) is 13.2 Å². The van der Waals surface area contributed by atoms with E-state index < -0.39 is 6.10 Å². The fraction of sp³-hybridized carbons (Fsp3) is 0.824. The second-order valence-electron chi connectivity index (χ2n) is 23.8. The van der Waals surface area contributed by atoms with Crippen molar-refractivity contribution >= 4 is 17.9 Å². The Balaban J connectivity index is 4.26. The summed E-state index contributed by atoms with van der Waals surface area (Å²) >= 11 is 0. The van der Waals surface area contributed by atoms with Gasteiger partial charge in [0.15, 0.2) is 6.10 Å². The molecule has 0 aliphatic rings. The van der Waals surface area contributed by atoms with Crippen molar-refractivity contribution < 1.29 is 28.6 Å². The van der Waals surface area contributed by atoms with Crippen molar-refractivity contribution in [2.45, 2.75) is 380 Å². The standard InChI is InChI=1S/C74H134O6/c1-4-7-10-13-16-19-22-25-28-30-32-34-35-36-37-38-39-41-42-44-46-49-52-55-58-61-64-67-73(76)79-70-71(69-78-72(75)66-63-60-57-54-51-48-27-24-21-18-15-12-9-6-3)80-74(77)68-65-62-59-56-53-50-47-45-43-40-33-31-29-26-23-20-17-14-11-8-5-2/h15,18,23-24,26-27,30-33,71H,4-14,16-17,19-22,25,28-29,34-70H2,1-3H3/b18-15-,26-23-,27-24-,32-30-,33-31-. The zero-order chi connectivity index (χ0) is 57.8. The Bertz CT molecular complexity index is 1430. The molecule has 0 bridgehead atoms. The lowest BCUT2D eigenvalue weighted by atomic mass is 10.0. The third-order valence-electron chi connectivity index (χ3n) is 15.7. The molecule has 6 heteroatoms. The average Bonchev–Trinajstić information content (AvgIpc) is 3.46. The molecular formula is C74H134O6. The summed E-state index contributed by atoms with van der Waals surface area (Å²) in [6, 6.07) is 0. The number of esters is 3. The number of hydrogen-bond acceptors (Lipinski definition) is 6. The summed E-state index contributed by atoms with van der Waals surface area (Å²) in [5.41, 5.74) is 0. The first kappa shape index (κ1) is 77.1. The smallest absolute Gasteiger partial charge is 0.306 e. The van der Waals surface area contributed by atoms with E-state index in [1.165, 1.54) is 250 Å². The van der Waals surface area contributed by atoms with Crippen molar-refractivity contribution in [2.24, 2.45) is 0 Å². The lowest BCUT2D eigenvalue weighted by Gasteiger charge is -2.18. The number of ether oxygens (including phenoxy) is 3. The molecule has 0 aromatic rings. The molecule has 0 saturated carbocycles. The van der Waals surface area contributed by atoms with Crippen LogP contribution in [0.5, 0.6) is 0 Å². The van der Waals surface area contributed by atoms with E-state index in [-0.39, 0.29) is 31.1 Å². The average molecular weight is 1120 g/mol. The second-order valence-corrected chi connectivity index (χ2v) is 23.8. The summed E-state index contributed by atoms with van der Waals surface area (Å²) < 4.78 is 17.0. The van der Waals surface area contributed by atoms with E-state index in [1.54, 1.807) is 0 Å². The van der Waals surface area contributed by atoms with E-state index in [0.29, 0.717) is 19.3 Å². The Morgan fingerprint density at radius 1 is 0.250 bits per heavy atom. The molecule has 0 rings (SSSR count). The van der Waals surface area contributed by atoms with Crippen LogP contribution in [0.1, 0.15) is 374 Å². The number of unbranched alkanes of at least 4 members (excludes halogenated alkanes) is 44. The first-order chi connectivity index (χ1) is 39.5. The fourth-order valence-corrected chi connectivity index (χ4v) is 10.4. The maximum atomic E-state index is 12.9. The molecule has 0 spiro atoms. The maximum Gasteiger partial charge on any atom is 0.306 e. The van der Waals surface area contributed by atoms with Gasteiger partial charge in [-0.25, -0.2) is 0 Å². The Morgan fingerprint density at radius 2 is 0.463 bits per heavy atom. The second kappa shape index (κ2) is 68.6. The third-order valence-corrected chi connectivity index (χ3v) is 15.7. The van der Waals surface area contributed by atoms with Gasteiger partial charge in [-0.15, -0.1) is 0 Å². The minimum absolute atomic E-state index is 0.0777. The van der Waals surface area contributed by atoms with E-state index in [1.807, 2.05) is 0 Å². The molecule has 80 heavy (non-hydrogen) atoms. The van der Waals surface area contributed by atoms with Gasteiger partial charge in [0.25, 0.3) is 0 Å². The normalized spacial score (nSPS) is 12.4. The van der Waals surface area contributed by atoms with Crippen molar-refractivity contribution in [2.75, 3.05) is 13.2 Å². The number of carbonyl (C=O) groups is 3. The first-order valence-electron chi connectivity index (χ1n) is 35.3. The minimum atomic E-state index is -0.783. The highest BCUT2D eigenvalue weighted by molar-refractivity contribution is 5.71. The number of hydrogen-bond donors (Lipinski definition) is 0. The van der Waals surface area contributed by atoms with Gasteiger partial charge in [0, 0.05) is 19.3 Å². The molecule has 0 fully saturated rings. The molecular weight excluding hydrogens is 985 g/mol. The zero-order valence-corrected chi connectivity index (χ0v) is 53.6. The van der Waals surface area contributed by atoms with Crippen LogP contribution in [0.2, 0.25) is 0 Å². The summed E-state index contributed by atoms with van der Waals surface area (Å²) in [7, 11) is 0. The quantitative estimate of drug-likeness (QED) is 0.0261. The summed E-state index contributed by atoms with van der Waals surface area (Å²) in [6.07, 6.45) is 88.2. The van der Waals surface area contributed by atoms with Crippen LogP contribution >= 0.6 is 0 Å². The highest BCUT2D eigenvalue weighted by Gasteiger charge is 2.19. The summed E-state index contributed by atoms with van der Waals surface area (Å²) in [4.78, 5) is 38.4. The highest BCUT2D eigenvalue weighted by Crippen LogP contribution is 2.18. The number of rotatable bonds is 65. The maximum absolute atomic E-state index is 12.9. The van der Waals surface area contributed by atoms with Crippen LogP contribution in [-0.2, 0) is 28.6 Å². The predicted molar refractivity (Wildman–Crippen MR) is 348 cm³/mol. The van der Waals surface area contributed by atoms with Crippen LogP contribution in [0.3, 0.4) is 0 Å². The van der Waals surface area contributed by atoms with Crippen LogP contribution in [0, 0.1) is 0 Å². The largest absolute Gasteiger partial charge is 0.462 e. The van der Waals surface area contributed by atoms with Crippen molar-refractivity contribution in [1.29, 1.82) is 0 Å². The van der Waals surface area contributed by atoms with Gasteiger partial charge in [-0.1, -0.05) is 313 Å². The van der Waals surface area contributed by atoms with Gasteiger partial charge in [0.05, 0.1) is 0 Å². The molecule has 0 aromatic heterocycles. The van der Waals surface area contributed by atoms with Gasteiger partial charge in [-0.05, 0) is 103 Å². The summed E-state index contributed by atoms with van der Waals surface area (Å²) in [6.45, 7) is 6.63. The molecule has 0 aliphatic carbocycles. The molecule has 1 atom stereocenters. The molecule has 466 valence electrons. The molecule has 0 heterocycles. The number of carbonyl (C=O) groups excluding carboxylic acids is 3. The zero-order valence-electron chi connectivity index (χ0n) is 53.6. The molecule has 0 aromatic carbocycles. The van der Waals surface area contributed by atoms with Crippen molar-refractivity contribution in [1.82, 2.24) is 0 Å². The predicted octanol–water partition coefficient (Wildman–Crippen LogP) is 24.3. The fourth-order valence-electron chi connectivity index (χ4n) is 10.4. The van der Waals surface area contributed by atoms with Crippen molar-refractivity contribution in [3.63, 3.8) is 0 Å². The van der Waals surface area contributed by atoms with Crippen LogP contribution in [0.15, 0.2) is 60.8 Å². The van der Waals surface area contributed by atoms with Crippen molar-refractivity contribution in [3.05, 3.63) is 60.8 Å². The molecule has 0 aliphatic heterocycles. The first-order valence-corrected chi connectivity index (χ1v) is 35.3. The molecule has 0 saturated heterocycles. The molecule has 1 unspecified atom stereocenters. The third kappa shape index (κ3) is 65.9. The van der Waals surface area contributed by atoms with E-state index in [2.05, 4.69) is 81.5 Å². The molecule has 6 nitrogen and oxygen atoms in total. The van der Waals surface area contributed by atoms with Gasteiger partial charge < -0.3 is 14.2 Å². The Labute approximate surface area is 498 Å². The summed E-state index contributed by atoms with van der Waals surface area (Å²) in [5, 5.41) is 0. The van der Waals surface area contributed by atoms with Gasteiger partial charge >= 0.3 is 17.9 Å². The SMILES string of the molecule is CCCC/C=C\C/C=C\CCCCCCCC(=O)OCC(COC(=O)CCCCCCCCCCCCCCCCC/C=C\CCCCCCCCCC)OC(=O)CCCCCCCCCCC/C=C\C/C=C\CCCCCCC. The lowest BCUT2D eigenvalue weighted by Crippen LogP contribution is -2.30. The van der Waals surface area contributed by atoms with Crippen LogP contribution < -0.4 is 0 Å².